The van der Waals surface area contributed by atoms with E-state index in [9.17, 15) is 9.59 Å². The lowest BCUT2D eigenvalue weighted by molar-refractivity contribution is -0.129. The summed E-state index contributed by atoms with van der Waals surface area (Å²) in [4.78, 5) is 23.8. The zero-order valence-corrected chi connectivity index (χ0v) is 17.3. The third-order valence-corrected chi connectivity index (χ3v) is 4.61. The molecule has 2 rings (SSSR count). The molecule has 0 radical (unpaired) electrons. The highest BCUT2D eigenvalue weighted by Crippen LogP contribution is 2.19. The zero-order chi connectivity index (χ0) is 21.6. The van der Waals surface area contributed by atoms with Crippen LogP contribution in [0.4, 0.5) is 0 Å². The number of nitrogens with one attached hydrogen (secondary N) is 2. The van der Waals surface area contributed by atoms with Crippen LogP contribution in [0.5, 0.6) is 0 Å². The van der Waals surface area contributed by atoms with Gasteiger partial charge < -0.3 is 14.8 Å². The van der Waals surface area contributed by atoms with Crippen molar-refractivity contribution in [1.29, 1.82) is 0 Å². The number of benzene rings is 2. The number of hydroxylamine groups is 1. The SMILES string of the molecule is CCOCOC[C@@H](CCCCC(=O)NO)NC(=O)c1ccc(-c2ccccc2)cc1. The zero-order valence-electron chi connectivity index (χ0n) is 17.3. The van der Waals surface area contributed by atoms with Crippen molar-refractivity contribution in [2.24, 2.45) is 0 Å². The van der Waals surface area contributed by atoms with Crippen molar-refractivity contribution in [2.45, 2.75) is 38.6 Å². The molecule has 0 spiro atoms. The van der Waals surface area contributed by atoms with Crippen molar-refractivity contribution >= 4 is 11.8 Å². The number of amides is 2. The van der Waals surface area contributed by atoms with Gasteiger partial charge in [-0.05, 0) is 43.0 Å². The summed E-state index contributed by atoms with van der Waals surface area (Å²) < 4.78 is 10.7. The molecule has 0 aliphatic heterocycles. The van der Waals surface area contributed by atoms with E-state index < -0.39 is 5.91 Å². The maximum atomic E-state index is 12.7. The minimum atomic E-state index is -0.415. The fourth-order valence-corrected chi connectivity index (χ4v) is 2.98. The third-order valence-electron chi connectivity index (χ3n) is 4.61. The van der Waals surface area contributed by atoms with Crippen molar-refractivity contribution in [2.75, 3.05) is 20.0 Å². The van der Waals surface area contributed by atoms with E-state index in [4.69, 9.17) is 14.7 Å². The van der Waals surface area contributed by atoms with Crippen LogP contribution in [0.1, 0.15) is 43.0 Å². The lowest BCUT2D eigenvalue weighted by atomic mass is 10.0. The first-order valence-corrected chi connectivity index (χ1v) is 10.2. The highest BCUT2D eigenvalue weighted by atomic mass is 16.7. The number of hydrogen-bond acceptors (Lipinski definition) is 5. The summed E-state index contributed by atoms with van der Waals surface area (Å²) >= 11 is 0. The monoisotopic (exact) mass is 414 g/mol. The van der Waals surface area contributed by atoms with Gasteiger partial charge >= 0.3 is 0 Å². The molecule has 162 valence electrons. The van der Waals surface area contributed by atoms with Crippen LogP contribution in [-0.2, 0) is 14.3 Å². The van der Waals surface area contributed by atoms with E-state index in [1.165, 1.54) is 0 Å². The quantitative estimate of drug-likeness (QED) is 0.202. The van der Waals surface area contributed by atoms with Gasteiger partial charge in [0.2, 0.25) is 5.91 Å². The second kappa shape index (κ2) is 13.5. The molecule has 0 bridgehead atoms. The molecule has 7 nitrogen and oxygen atoms in total. The van der Waals surface area contributed by atoms with Gasteiger partial charge in [-0.3, -0.25) is 14.8 Å². The number of carbonyl (C=O) groups is 2. The minimum Gasteiger partial charge on any atom is -0.356 e. The standard InChI is InChI=1S/C23H30N2O5/c1-2-29-17-30-16-21(10-6-7-11-22(26)25-28)24-23(27)20-14-12-19(13-15-20)18-8-4-3-5-9-18/h3-5,8-9,12-15,21,28H,2,6-7,10-11,16-17H2,1H3,(H,24,27)(H,25,26)/t21-/m1/s1. The molecule has 7 heteroatoms. The van der Waals surface area contributed by atoms with Crippen LogP contribution in [0.25, 0.3) is 11.1 Å². The number of unbranched alkanes of at least 4 members (excludes halogenated alkanes) is 1. The minimum absolute atomic E-state index is 0.168. The average Bonchev–Trinajstić information content (AvgIpc) is 2.79. The van der Waals surface area contributed by atoms with Crippen LogP contribution < -0.4 is 10.8 Å². The molecule has 0 heterocycles. The van der Waals surface area contributed by atoms with Gasteiger partial charge in [0.25, 0.3) is 5.91 Å². The van der Waals surface area contributed by atoms with E-state index in [0.717, 1.165) is 11.1 Å². The van der Waals surface area contributed by atoms with Crippen LogP contribution in [0, 0.1) is 0 Å². The predicted molar refractivity (Wildman–Crippen MR) is 114 cm³/mol. The van der Waals surface area contributed by atoms with Crippen LogP contribution >= 0.6 is 0 Å². The Morgan fingerprint density at radius 3 is 2.33 bits per heavy atom. The summed E-state index contributed by atoms with van der Waals surface area (Å²) in [6.45, 7) is 2.93. The molecular formula is C23H30N2O5. The number of carbonyl (C=O) groups excluding carboxylic acids is 2. The summed E-state index contributed by atoms with van der Waals surface area (Å²) in [7, 11) is 0. The lowest BCUT2D eigenvalue weighted by Gasteiger charge is -2.19. The van der Waals surface area contributed by atoms with Crippen molar-refractivity contribution in [3.05, 3.63) is 60.2 Å². The van der Waals surface area contributed by atoms with E-state index >= 15 is 0 Å². The Bertz CT molecular complexity index is 765. The van der Waals surface area contributed by atoms with Crippen LogP contribution in [0.2, 0.25) is 0 Å². The van der Waals surface area contributed by atoms with Crippen LogP contribution in [-0.4, -0.2) is 43.1 Å². The largest absolute Gasteiger partial charge is 0.356 e. The first kappa shape index (κ1) is 23.5. The second-order valence-electron chi connectivity index (χ2n) is 6.88. The first-order valence-electron chi connectivity index (χ1n) is 10.2. The first-order chi connectivity index (χ1) is 14.6. The third kappa shape index (κ3) is 8.32. The van der Waals surface area contributed by atoms with Crippen molar-refractivity contribution in [3.8, 4) is 11.1 Å². The predicted octanol–water partition coefficient (Wildman–Crippen LogP) is 3.53. The van der Waals surface area contributed by atoms with Crippen molar-refractivity contribution in [3.63, 3.8) is 0 Å². The van der Waals surface area contributed by atoms with E-state index in [0.29, 0.717) is 38.0 Å². The molecule has 2 amide bonds. The fourth-order valence-electron chi connectivity index (χ4n) is 2.98. The second-order valence-corrected chi connectivity index (χ2v) is 6.88. The maximum absolute atomic E-state index is 12.7. The molecule has 0 saturated heterocycles. The normalized spacial score (nSPS) is 11.7. The Hall–Kier alpha value is -2.74. The smallest absolute Gasteiger partial charge is 0.251 e. The van der Waals surface area contributed by atoms with E-state index in [1.807, 2.05) is 49.4 Å². The topological polar surface area (TPSA) is 96.9 Å². The summed E-state index contributed by atoms with van der Waals surface area (Å²) in [6, 6.07) is 17.2. The van der Waals surface area contributed by atoms with E-state index in [2.05, 4.69) is 5.32 Å². The molecule has 0 saturated carbocycles. The summed E-state index contributed by atoms with van der Waals surface area (Å²) in [5.41, 5.74) is 4.34. The van der Waals surface area contributed by atoms with Gasteiger partial charge in [-0.25, -0.2) is 5.48 Å². The molecule has 2 aromatic carbocycles. The van der Waals surface area contributed by atoms with Gasteiger partial charge in [-0.15, -0.1) is 0 Å². The Balaban J connectivity index is 1.91. The fraction of sp³-hybridized carbons (Fsp3) is 0.391. The Morgan fingerprint density at radius 1 is 0.967 bits per heavy atom. The molecule has 0 fully saturated rings. The summed E-state index contributed by atoms with van der Waals surface area (Å²) in [5, 5.41) is 11.6. The van der Waals surface area contributed by atoms with E-state index in [-0.39, 0.29) is 25.2 Å². The van der Waals surface area contributed by atoms with Crippen molar-refractivity contribution < 1.29 is 24.3 Å². The van der Waals surface area contributed by atoms with Gasteiger partial charge in [-0.2, -0.15) is 0 Å². The highest BCUT2D eigenvalue weighted by molar-refractivity contribution is 5.94. The van der Waals surface area contributed by atoms with Crippen molar-refractivity contribution in [1.82, 2.24) is 10.8 Å². The lowest BCUT2D eigenvalue weighted by Crippen LogP contribution is -2.38. The maximum Gasteiger partial charge on any atom is 0.251 e. The van der Waals surface area contributed by atoms with Gasteiger partial charge in [0.05, 0.1) is 12.6 Å². The van der Waals surface area contributed by atoms with Gasteiger partial charge in [-0.1, -0.05) is 48.9 Å². The molecule has 0 unspecified atom stereocenters. The molecule has 0 aromatic heterocycles. The average molecular weight is 415 g/mol. The van der Waals surface area contributed by atoms with Gasteiger partial charge in [0, 0.05) is 18.6 Å². The molecule has 2 aromatic rings. The van der Waals surface area contributed by atoms with Gasteiger partial charge in [0.1, 0.15) is 6.79 Å². The summed E-state index contributed by atoms with van der Waals surface area (Å²) in [5.74, 6) is -0.589. The Kier molecular flexibility index (Phi) is 10.6. The Labute approximate surface area is 177 Å². The molecule has 0 aliphatic rings. The molecule has 30 heavy (non-hydrogen) atoms. The molecule has 3 N–H and O–H groups in total. The molecule has 1 atom stereocenters. The molecular weight excluding hydrogens is 384 g/mol. The Morgan fingerprint density at radius 2 is 1.67 bits per heavy atom. The molecule has 0 aliphatic carbocycles. The van der Waals surface area contributed by atoms with E-state index in [1.54, 1.807) is 17.6 Å². The van der Waals surface area contributed by atoms with Gasteiger partial charge in [0.15, 0.2) is 0 Å². The number of hydrogen-bond donors (Lipinski definition) is 3. The highest BCUT2D eigenvalue weighted by Gasteiger charge is 2.15. The number of ether oxygens (including phenoxy) is 2. The number of rotatable bonds is 13. The van der Waals surface area contributed by atoms with Crippen LogP contribution in [0.3, 0.4) is 0 Å². The van der Waals surface area contributed by atoms with Crippen LogP contribution in [0.15, 0.2) is 54.6 Å². The summed E-state index contributed by atoms with van der Waals surface area (Å²) in [6.07, 6.45) is 2.20.